The molecule has 4 nitrogen and oxygen atoms in total. The van der Waals surface area contributed by atoms with Crippen LogP contribution in [0.5, 0.6) is 0 Å². The van der Waals surface area contributed by atoms with Crippen LogP contribution in [0.15, 0.2) is 24.3 Å². The summed E-state index contributed by atoms with van der Waals surface area (Å²) in [7, 11) is 0. The Morgan fingerprint density at radius 1 is 1.47 bits per heavy atom. The summed E-state index contributed by atoms with van der Waals surface area (Å²) in [5.41, 5.74) is 7.99. The molecule has 1 aliphatic carbocycles. The van der Waals surface area contributed by atoms with E-state index in [9.17, 15) is 4.79 Å². The molecular formula is C15H19N3O. The van der Waals surface area contributed by atoms with Crippen molar-refractivity contribution in [3.63, 3.8) is 0 Å². The molecule has 4 N–H and O–H groups in total. The third-order valence-corrected chi connectivity index (χ3v) is 3.65. The number of aromatic amines is 1. The van der Waals surface area contributed by atoms with Gasteiger partial charge in [-0.2, -0.15) is 0 Å². The van der Waals surface area contributed by atoms with Crippen LogP contribution in [0.4, 0.5) is 5.69 Å². The van der Waals surface area contributed by atoms with E-state index in [4.69, 9.17) is 5.73 Å². The summed E-state index contributed by atoms with van der Waals surface area (Å²) in [5, 5.41) is 4.01. The van der Waals surface area contributed by atoms with Crippen molar-refractivity contribution < 1.29 is 4.79 Å². The number of nitrogens with one attached hydrogen (secondary N) is 2. The van der Waals surface area contributed by atoms with Gasteiger partial charge in [0, 0.05) is 22.6 Å². The van der Waals surface area contributed by atoms with Gasteiger partial charge < -0.3 is 16.0 Å². The molecule has 4 heteroatoms. The largest absolute Gasteiger partial charge is 0.399 e. The Kier molecular flexibility index (Phi) is 2.93. The molecule has 0 saturated heterocycles. The first-order valence-corrected chi connectivity index (χ1v) is 6.81. The first-order chi connectivity index (χ1) is 9.11. The van der Waals surface area contributed by atoms with Crippen LogP contribution in [-0.2, 0) is 0 Å². The van der Waals surface area contributed by atoms with Gasteiger partial charge in [0.1, 0.15) is 5.69 Å². The fourth-order valence-electron chi connectivity index (χ4n) is 2.49. The number of nitrogens with two attached hydrogens (primary N) is 1. The average Bonchev–Trinajstić information content (AvgIpc) is 3.05. The lowest BCUT2D eigenvalue weighted by atomic mass is 10.1. The number of carbonyl (C=O) groups excluding carboxylic acids is 1. The van der Waals surface area contributed by atoms with Gasteiger partial charge in [-0.15, -0.1) is 0 Å². The number of aromatic nitrogens is 1. The van der Waals surface area contributed by atoms with E-state index in [0.29, 0.717) is 11.4 Å². The third kappa shape index (κ3) is 2.72. The van der Waals surface area contributed by atoms with E-state index in [0.717, 1.165) is 23.2 Å². The van der Waals surface area contributed by atoms with E-state index in [2.05, 4.69) is 17.2 Å². The number of fused-ring (bicyclic) bond motifs is 1. The molecule has 1 fully saturated rings. The average molecular weight is 257 g/mol. The summed E-state index contributed by atoms with van der Waals surface area (Å²) >= 11 is 0. The smallest absolute Gasteiger partial charge is 0.267 e. The second kappa shape index (κ2) is 4.61. The minimum atomic E-state index is -0.0390. The zero-order valence-corrected chi connectivity index (χ0v) is 11.1. The van der Waals surface area contributed by atoms with Crippen molar-refractivity contribution in [2.45, 2.75) is 32.2 Å². The Hall–Kier alpha value is -1.97. The predicted octanol–water partition coefficient (Wildman–Crippen LogP) is 2.67. The van der Waals surface area contributed by atoms with Crippen LogP contribution < -0.4 is 11.1 Å². The van der Waals surface area contributed by atoms with Crippen LogP contribution in [0.2, 0.25) is 0 Å². The molecular weight excluding hydrogens is 238 g/mol. The number of H-pyrrole nitrogens is 1. The summed E-state index contributed by atoms with van der Waals surface area (Å²) in [4.78, 5) is 15.3. The molecule has 0 radical (unpaired) electrons. The van der Waals surface area contributed by atoms with E-state index in [1.807, 2.05) is 24.3 Å². The molecule has 1 aromatic carbocycles. The van der Waals surface area contributed by atoms with Gasteiger partial charge in [-0.25, -0.2) is 0 Å². The lowest BCUT2D eigenvalue weighted by Crippen LogP contribution is -2.33. The van der Waals surface area contributed by atoms with E-state index in [1.54, 1.807) is 0 Å². The van der Waals surface area contributed by atoms with E-state index >= 15 is 0 Å². The number of hydrogen-bond acceptors (Lipinski definition) is 2. The first kappa shape index (κ1) is 12.1. The van der Waals surface area contributed by atoms with Gasteiger partial charge in [0.25, 0.3) is 5.91 Å². The molecule has 2 aromatic rings. The number of anilines is 1. The highest BCUT2D eigenvalue weighted by Crippen LogP contribution is 2.33. The van der Waals surface area contributed by atoms with Gasteiger partial charge in [-0.05, 0) is 43.5 Å². The fraction of sp³-hybridized carbons (Fsp3) is 0.400. The highest BCUT2D eigenvalue weighted by molar-refractivity contribution is 5.98. The van der Waals surface area contributed by atoms with Gasteiger partial charge in [0.15, 0.2) is 0 Å². The molecule has 1 aromatic heterocycles. The first-order valence-electron chi connectivity index (χ1n) is 6.81. The maximum absolute atomic E-state index is 12.1. The highest BCUT2D eigenvalue weighted by Gasteiger charge is 2.24. The van der Waals surface area contributed by atoms with Gasteiger partial charge in [-0.3, -0.25) is 4.79 Å². The second-order valence-electron chi connectivity index (χ2n) is 5.58. The van der Waals surface area contributed by atoms with Crippen LogP contribution in [0.3, 0.4) is 0 Å². The minimum absolute atomic E-state index is 0.0390. The van der Waals surface area contributed by atoms with Crippen molar-refractivity contribution in [3.8, 4) is 0 Å². The zero-order chi connectivity index (χ0) is 13.4. The summed E-state index contributed by atoms with van der Waals surface area (Å²) in [5.74, 6) is 0.778. The lowest BCUT2D eigenvalue weighted by Gasteiger charge is -2.12. The number of amides is 1. The van der Waals surface area contributed by atoms with Crippen LogP contribution in [0, 0.1) is 5.92 Å². The van der Waals surface area contributed by atoms with Gasteiger partial charge in [0.05, 0.1) is 0 Å². The SMILES string of the molecule is CC(CC1CC1)NC(=O)c1cc2cc(N)ccc2[nH]1. The highest BCUT2D eigenvalue weighted by atomic mass is 16.1. The molecule has 19 heavy (non-hydrogen) atoms. The maximum atomic E-state index is 12.1. The molecule has 1 aliphatic rings. The van der Waals surface area contributed by atoms with Crippen molar-refractivity contribution in [1.29, 1.82) is 0 Å². The normalized spacial score (nSPS) is 16.5. The summed E-state index contributed by atoms with van der Waals surface area (Å²) in [6.07, 6.45) is 3.71. The predicted molar refractivity (Wildman–Crippen MR) is 77.0 cm³/mol. The van der Waals surface area contributed by atoms with Crippen molar-refractivity contribution >= 4 is 22.5 Å². The number of rotatable bonds is 4. The number of carbonyl (C=O) groups is 1. The molecule has 1 saturated carbocycles. The molecule has 1 heterocycles. The molecule has 0 aliphatic heterocycles. The molecule has 3 rings (SSSR count). The molecule has 1 atom stereocenters. The van der Waals surface area contributed by atoms with Crippen LogP contribution in [0.1, 0.15) is 36.7 Å². The number of nitrogen functional groups attached to an aromatic ring is 1. The van der Waals surface area contributed by atoms with Crippen molar-refractivity contribution in [2.75, 3.05) is 5.73 Å². The summed E-state index contributed by atoms with van der Waals surface area (Å²) in [6, 6.07) is 7.68. The van der Waals surface area contributed by atoms with Gasteiger partial charge >= 0.3 is 0 Å². The van der Waals surface area contributed by atoms with E-state index in [-0.39, 0.29) is 11.9 Å². The topological polar surface area (TPSA) is 70.9 Å². The zero-order valence-electron chi connectivity index (χ0n) is 11.1. The quantitative estimate of drug-likeness (QED) is 0.737. The van der Waals surface area contributed by atoms with Gasteiger partial charge in [0.2, 0.25) is 0 Å². The molecule has 1 amide bonds. The third-order valence-electron chi connectivity index (χ3n) is 3.65. The lowest BCUT2D eigenvalue weighted by molar-refractivity contribution is 0.0933. The Bertz CT molecular complexity index is 613. The maximum Gasteiger partial charge on any atom is 0.267 e. The molecule has 1 unspecified atom stereocenters. The second-order valence-corrected chi connectivity index (χ2v) is 5.58. The van der Waals surface area contributed by atoms with Crippen LogP contribution in [0.25, 0.3) is 10.9 Å². The Balaban J connectivity index is 1.73. The fourth-order valence-corrected chi connectivity index (χ4v) is 2.49. The molecule has 0 bridgehead atoms. The van der Waals surface area contributed by atoms with E-state index in [1.165, 1.54) is 12.8 Å². The Labute approximate surface area is 112 Å². The monoisotopic (exact) mass is 257 g/mol. The van der Waals surface area contributed by atoms with Crippen molar-refractivity contribution in [1.82, 2.24) is 10.3 Å². The molecule has 0 spiro atoms. The standard InChI is InChI=1S/C15H19N3O/c1-9(6-10-2-3-10)17-15(19)14-8-11-7-12(16)4-5-13(11)18-14/h4-5,7-10,18H,2-3,6,16H2,1H3,(H,17,19). The summed E-state index contributed by atoms with van der Waals surface area (Å²) in [6.45, 7) is 2.07. The Morgan fingerprint density at radius 2 is 2.26 bits per heavy atom. The number of hydrogen-bond donors (Lipinski definition) is 3. The summed E-state index contributed by atoms with van der Waals surface area (Å²) < 4.78 is 0. The minimum Gasteiger partial charge on any atom is -0.399 e. The van der Waals surface area contributed by atoms with E-state index < -0.39 is 0 Å². The number of benzene rings is 1. The van der Waals surface area contributed by atoms with Crippen LogP contribution in [-0.4, -0.2) is 16.9 Å². The molecule has 100 valence electrons. The van der Waals surface area contributed by atoms with Crippen molar-refractivity contribution in [3.05, 3.63) is 30.0 Å². The van der Waals surface area contributed by atoms with Crippen molar-refractivity contribution in [2.24, 2.45) is 5.92 Å². The van der Waals surface area contributed by atoms with Gasteiger partial charge in [-0.1, -0.05) is 12.8 Å². The Morgan fingerprint density at radius 3 is 3.00 bits per heavy atom. The van der Waals surface area contributed by atoms with Crippen LogP contribution >= 0.6 is 0 Å².